The molecule has 6 nitrogen and oxygen atoms in total. The van der Waals surface area contributed by atoms with E-state index in [1.807, 2.05) is 30.3 Å². The van der Waals surface area contributed by atoms with Crippen molar-refractivity contribution >= 4 is 34.0 Å². The third kappa shape index (κ3) is 3.10. The van der Waals surface area contributed by atoms with E-state index in [9.17, 15) is 4.79 Å². The predicted octanol–water partition coefficient (Wildman–Crippen LogP) is 4.89. The average Bonchev–Trinajstić information content (AvgIpc) is 3.33. The number of aromatic nitrogens is 1. The van der Waals surface area contributed by atoms with Crippen LogP contribution in [0.5, 0.6) is 11.5 Å². The Balaban J connectivity index is 1.36. The number of hydrogen-bond acceptors (Lipinski definition) is 6. The van der Waals surface area contributed by atoms with Crippen molar-refractivity contribution in [3.05, 3.63) is 59.3 Å². The fraction of sp³-hybridized carbons (Fsp3) is 0.143. The van der Waals surface area contributed by atoms with Gasteiger partial charge in [-0.15, -0.1) is 11.3 Å². The molecular formula is C21H16N2O4S. The van der Waals surface area contributed by atoms with Crippen LogP contribution in [-0.4, -0.2) is 24.1 Å². The number of oxazole rings is 1. The van der Waals surface area contributed by atoms with E-state index in [1.165, 1.54) is 11.3 Å². The third-order valence-electron chi connectivity index (χ3n) is 4.41. The Morgan fingerprint density at radius 2 is 1.89 bits per heavy atom. The van der Waals surface area contributed by atoms with Crippen LogP contribution >= 0.6 is 11.3 Å². The lowest BCUT2D eigenvalue weighted by Gasteiger charge is -2.18. The van der Waals surface area contributed by atoms with Crippen molar-refractivity contribution in [2.75, 3.05) is 18.5 Å². The van der Waals surface area contributed by atoms with E-state index < -0.39 is 0 Å². The minimum atomic E-state index is -0.159. The molecule has 0 fully saturated rings. The van der Waals surface area contributed by atoms with Gasteiger partial charge in [0.25, 0.3) is 5.91 Å². The summed E-state index contributed by atoms with van der Waals surface area (Å²) in [6.07, 6.45) is 0. The molecule has 1 N–H and O–H groups in total. The van der Waals surface area contributed by atoms with E-state index in [4.69, 9.17) is 13.9 Å². The van der Waals surface area contributed by atoms with Crippen LogP contribution in [0.3, 0.4) is 0 Å². The van der Waals surface area contributed by atoms with Crippen LogP contribution in [0, 0.1) is 6.92 Å². The second kappa shape index (κ2) is 6.69. The average molecular weight is 392 g/mol. The summed E-state index contributed by atoms with van der Waals surface area (Å²) in [5.74, 6) is 1.93. The molecule has 1 amide bonds. The minimum absolute atomic E-state index is 0.159. The Labute approximate surface area is 164 Å². The Kier molecular flexibility index (Phi) is 4.02. The number of anilines is 1. The maximum atomic E-state index is 12.6. The maximum absolute atomic E-state index is 12.6. The molecule has 5 rings (SSSR count). The molecule has 3 heterocycles. The Morgan fingerprint density at radius 3 is 2.79 bits per heavy atom. The summed E-state index contributed by atoms with van der Waals surface area (Å²) in [6, 6.07) is 15.0. The fourth-order valence-corrected chi connectivity index (χ4v) is 4.02. The summed E-state index contributed by atoms with van der Waals surface area (Å²) in [5, 5.41) is 2.92. The summed E-state index contributed by atoms with van der Waals surface area (Å²) in [4.78, 5) is 18.6. The summed E-state index contributed by atoms with van der Waals surface area (Å²) in [7, 11) is 0. The van der Waals surface area contributed by atoms with E-state index in [1.54, 1.807) is 25.1 Å². The van der Waals surface area contributed by atoms with Crippen molar-refractivity contribution in [1.82, 2.24) is 4.98 Å². The number of fused-ring (bicyclic) bond motifs is 2. The van der Waals surface area contributed by atoms with Crippen molar-refractivity contribution in [3.8, 4) is 21.9 Å². The highest BCUT2D eigenvalue weighted by Crippen LogP contribution is 2.37. The highest BCUT2D eigenvalue weighted by Gasteiger charge is 2.15. The first-order valence-electron chi connectivity index (χ1n) is 8.84. The van der Waals surface area contributed by atoms with Gasteiger partial charge in [0.15, 0.2) is 23.0 Å². The second-order valence-electron chi connectivity index (χ2n) is 6.39. The van der Waals surface area contributed by atoms with Gasteiger partial charge in [-0.3, -0.25) is 4.79 Å². The molecule has 4 aromatic rings. The van der Waals surface area contributed by atoms with Gasteiger partial charge >= 0.3 is 0 Å². The van der Waals surface area contributed by atoms with Crippen molar-refractivity contribution in [2.45, 2.75) is 6.92 Å². The molecule has 0 spiro atoms. The molecule has 7 heteroatoms. The van der Waals surface area contributed by atoms with Crippen molar-refractivity contribution in [1.29, 1.82) is 0 Å². The summed E-state index contributed by atoms with van der Waals surface area (Å²) < 4.78 is 16.7. The zero-order chi connectivity index (χ0) is 19.1. The minimum Gasteiger partial charge on any atom is -0.486 e. The quantitative estimate of drug-likeness (QED) is 0.537. The number of carbonyl (C=O) groups is 1. The molecule has 1 aliphatic heterocycles. The summed E-state index contributed by atoms with van der Waals surface area (Å²) in [5.41, 5.74) is 3.10. The second-order valence-corrected chi connectivity index (χ2v) is 7.48. The molecule has 0 unspecified atom stereocenters. The van der Waals surface area contributed by atoms with Gasteiger partial charge in [0.1, 0.15) is 18.7 Å². The van der Waals surface area contributed by atoms with Crippen LogP contribution in [0.25, 0.3) is 21.5 Å². The fourth-order valence-electron chi connectivity index (χ4n) is 3.12. The normalized spacial score (nSPS) is 12.9. The molecule has 0 bridgehead atoms. The number of nitrogens with zero attached hydrogens (tertiary/aromatic N) is 1. The van der Waals surface area contributed by atoms with Gasteiger partial charge < -0.3 is 19.2 Å². The van der Waals surface area contributed by atoms with Gasteiger partial charge in [-0.2, -0.15) is 0 Å². The predicted molar refractivity (Wildman–Crippen MR) is 107 cm³/mol. The molecule has 28 heavy (non-hydrogen) atoms. The third-order valence-corrected chi connectivity index (χ3v) is 5.54. The number of carbonyl (C=O) groups excluding carboxylic acids is 1. The van der Waals surface area contributed by atoms with E-state index in [-0.39, 0.29) is 5.91 Å². The molecule has 0 radical (unpaired) electrons. The molecule has 2 aromatic carbocycles. The van der Waals surface area contributed by atoms with Crippen LogP contribution in [0.2, 0.25) is 0 Å². The van der Waals surface area contributed by atoms with E-state index in [2.05, 4.69) is 10.3 Å². The number of amides is 1. The van der Waals surface area contributed by atoms with Gasteiger partial charge in [0, 0.05) is 17.5 Å². The van der Waals surface area contributed by atoms with E-state index >= 15 is 0 Å². The van der Waals surface area contributed by atoms with Crippen LogP contribution in [0.15, 0.2) is 52.9 Å². The summed E-state index contributed by atoms with van der Waals surface area (Å²) in [6.45, 7) is 2.91. The first kappa shape index (κ1) is 16.8. The number of thiophene rings is 1. The summed E-state index contributed by atoms with van der Waals surface area (Å²) >= 11 is 1.43. The zero-order valence-electron chi connectivity index (χ0n) is 15.0. The number of benzene rings is 2. The first-order chi connectivity index (χ1) is 13.7. The lowest BCUT2D eigenvalue weighted by atomic mass is 10.1. The van der Waals surface area contributed by atoms with E-state index in [0.29, 0.717) is 35.3 Å². The van der Waals surface area contributed by atoms with Gasteiger partial charge in [0.2, 0.25) is 0 Å². The van der Waals surface area contributed by atoms with Gasteiger partial charge in [-0.1, -0.05) is 0 Å². The monoisotopic (exact) mass is 392 g/mol. The molecule has 2 aromatic heterocycles. The van der Waals surface area contributed by atoms with Crippen LogP contribution in [-0.2, 0) is 0 Å². The van der Waals surface area contributed by atoms with Crippen molar-refractivity contribution in [2.24, 2.45) is 0 Å². The molecule has 0 aliphatic carbocycles. The maximum Gasteiger partial charge on any atom is 0.265 e. The van der Waals surface area contributed by atoms with Crippen molar-refractivity contribution < 1.29 is 18.7 Å². The zero-order valence-corrected chi connectivity index (χ0v) is 15.8. The number of rotatable bonds is 3. The van der Waals surface area contributed by atoms with Gasteiger partial charge in [0.05, 0.1) is 4.88 Å². The Hall–Kier alpha value is -3.32. The SMILES string of the molecule is Cc1nc2cc(NC(=O)c3ccc(-c4ccc5c(c4)OCCO5)s3)ccc2o1. The number of hydrogen-bond donors (Lipinski definition) is 1. The van der Waals surface area contributed by atoms with Crippen LogP contribution in [0.1, 0.15) is 15.6 Å². The largest absolute Gasteiger partial charge is 0.486 e. The molecule has 140 valence electrons. The topological polar surface area (TPSA) is 73.6 Å². The Bertz CT molecular complexity index is 1190. The molecule has 1 aliphatic rings. The Morgan fingerprint density at radius 1 is 1.04 bits per heavy atom. The van der Waals surface area contributed by atoms with E-state index in [0.717, 1.165) is 27.5 Å². The van der Waals surface area contributed by atoms with Gasteiger partial charge in [-0.25, -0.2) is 4.98 Å². The first-order valence-corrected chi connectivity index (χ1v) is 9.66. The smallest absolute Gasteiger partial charge is 0.265 e. The standard InChI is InChI=1S/C21H16N2O4S/c1-12-22-15-11-14(3-5-16(15)27-12)23-21(24)20-7-6-19(28-20)13-2-4-17-18(10-13)26-9-8-25-17/h2-7,10-11H,8-9H2,1H3,(H,23,24). The van der Waals surface area contributed by atoms with Crippen molar-refractivity contribution in [3.63, 3.8) is 0 Å². The van der Waals surface area contributed by atoms with Gasteiger partial charge in [-0.05, 0) is 54.1 Å². The lowest BCUT2D eigenvalue weighted by molar-refractivity contribution is 0.103. The highest BCUT2D eigenvalue weighted by atomic mass is 32.1. The number of nitrogens with one attached hydrogen (secondary N) is 1. The molecule has 0 saturated carbocycles. The highest BCUT2D eigenvalue weighted by molar-refractivity contribution is 7.17. The number of ether oxygens (including phenoxy) is 2. The molecular weight excluding hydrogens is 376 g/mol. The lowest BCUT2D eigenvalue weighted by Crippen LogP contribution is -2.15. The van der Waals surface area contributed by atoms with Crippen LogP contribution < -0.4 is 14.8 Å². The molecule has 0 atom stereocenters. The number of aryl methyl sites for hydroxylation is 1. The molecule has 0 saturated heterocycles. The van der Waals surface area contributed by atoms with Crippen LogP contribution in [0.4, 0.5) is 5.69 Å².